The molecule has 0 spiro atoms. The van der Waals surface area contributed by atoms with Crippen molar-refractivity contribution >= 4 is 11.9 Å². The van der Waals surface area contributed by atoms with Crippen LogP contribution in [0.3, 0.4) is 0 Å². The highest BCUT2D eigenvalue weighted by atomic mass is 16.5. The van der Waals surface area contributed by atoms with Crippen LogP contribution in [0.2, 0.25) is 0 Å². The third-order valence-corrected chi connectivity index (χ3v) is 2.71. The fourth-order valence-electron chi connectivity index (χ4n) is 1.70. The van der Waals surface area contributed by atoms with Crippen molar-refractivity contribution in [2.24, 2.45) is 5.92 Å². The molecule has 110 valence electrons. The van der Waals surface area contributed by atoms with E-state index in [1.807, 2.05) is 13.8 Å². The summed E-state index contributed by atoms with van der Waals surface area (Å²) >= 11 is 0. The molecule has 1 rings (SSSR count). The van der Waals surface area contributed by atoms with Gasteiger partial charge in [0.2, 0.25) is 0 Å². The maximum atomic E-state index is 12.0. The molecular formula is C15H21NO4. The van der Waals surface area contributed by atoms with Crippen LogP contribution in [0.1, 0.15) is 38.1 Å². The minimum absolute atomic E-state index is 0.0620. The number of hydrogen-bond acceptors (Lipinski definition) is 3. The van der Waals surface area contributed by atoms with Gasteiger partial charge in [0.25, 0.3) is 5.91 Å². The molecular weight excluding hydrogens is 258 g/mol. The summed E-state index contributed by atoms with van der Waals surface area (Å²) in [6.45, 7) is 7.33. The summed E-state index contributed by atoms with van der Waals surface area (Å²) in [5.41, 5.74) is 0.410. The maximum Gasteiger partial charge on any atom is 0.326 e. The number of nitrogens with one attached hydrogen (secondary N) is 1. The van der Waals surface area contributed by atoms with Crippen LogP contribution >= 0.6 is 0 Å². The number of rotatable bonds is 6. The molecule has 1 aromatic rings. The number of aliphatic carboxylic acids is 1. The lowest BCUT2D eigenvalue weighted by molar-refractivity contribution is -0.140. The van der Waals surface area contributed by atoms with Gasteiger partial charge in [-0.05, 0) is 44.0 Å². The Morgan fingerprint density at radius 3 is 2.05 bits per heavy atom. The van der Waals surface area contributed by atoms with Gasteiger partial charge in [-0.3, -0.25) is 4.79 Å². The van der Waals surface area contributed by atoms with Crippen molar-refractivity contribution in [1.82, 2.24) is 5.32 Å². The van der Waals surface area contributed by atoms with Crippen LogP contribution in [0.5, 0.6) is 5.75 Å². The number of carboxylic acids is 1. The van der Waals surface area contributed by atoms with Crippen LogP contribution in [-0.4, -0.2) is 29.1 Å². The maximum absolute atomic E-state index is 12.0. The van der Waals surface area contributed by atoms with Crippen LogP contribution in [0, 0.1) is 5.92 Å². The van der Waals surface area contributed by atoms with E-state index in [0.717, 1.165) is 0 Å². The Bertz CT molecular complexity index is 465. The van der Waals surface area contributed by atoms with Crippen LogP contribution in [-0.2, 0) is 4.79 Å². The molecule has 0 radical (unpaired) electrons. The number of hydrogen-bond donors (Lipinski definition) is 2. The van der Waals surface area contributed by atoms with Gasteiger partial charge in [-0.2, -0.15) is 0 Å². The van der Waals surface area contributed by atoms with E-state index in [1.54, 1.807) is 38.1 Å². The Labute approximate surface area is 118 Å². The van der Waals surface area contributed by atoms with Crippen molar-refractivity contribution in [3.63, 3.8) is 0 Å². The quantitative estimate of drug-likeness (QED) is 0.838. The summed E-state index contributed by atoms with van der Waals surface area (Å²) < 4.78 is 5.48. The summed E-state index contributed by atoms with van der Waals surface area (Å²) in [6, 6.07) is 5.73. The Balaban J connectivity index is 2.74. The number of amides is 1. The minimum Gasteiger partial charge on any atom is -0.491 e. The molecule has 2 N–H and O–H groups in total. The molecule has 5 heteroatoms. The largest absolute Gasteiger partial charge is 0.491 e. The Morgan fingerprint density at radius 1 is 1.10 bits per heavy atom. The van der Waals surface area contributed by atoms with Gasteiger partial charge in [-0.25, -0.2) is 4.79 Å². The van der Waals surface area contributed by atoms with E-state index in [-0.39, 0.29) is 12.0 Å². The average molecular weight is 279 g/mol. The number of ether oxygens (including phenoxy) is 1. The minimum atomic E-state index is -1.03. The number of carbonyl (C=O) groups excluding carboxylic acids is 1. The normalized spacial score (nSPS) is 12.3. The fourth-order valence-corrected chi connectivity index (χ4v) is 1.70. The summed E-state index contributed by atoms with van der Waals surface area (Å²) in [5, 5.41) is 11.6. The fraction of sp³-hybridized carbons (Fsp3) is 0.467. The van der Waals surface area contributed by atoms with Gasteiger partial charge in [0.15, 0.2) is 0 Å². The Kier molecular flexibility index (Phi) is 5.55. The van der Waals surface area contributed by atoms with E-state index >= 15 is 0 Å². The third-order valence-electron chi connectivity index (χ3n) is 2.71. The molecule has 0 fully saturated rings. The second-order valence-electron chi connectivity index (χ2n) is 5.22. The molecule has 1 aromatic carbocycles. The first kappa shape index (κ1) is 16.0. The van der Waals surface area contributed by atoms with E-state index in [9.17, 15) is 9.59 Å². The molecule has 5 nitrogen and oxygen atoms in total. The average Bonchev–Trinajstić information content (AvgIpc) is 2.35. The van der Waals surface area contributed by atoms with E-state index in [4.69, 9.17) is 9.84 Å². The van der Waals surface area contributed by atoms with Gasteiger partial charge < -0.3 is 15.2 Å². The van der Waals surface area contributed by atoms with Gasteiger partial charge >= 0.3 is 5.97 Å². The predicted molar refractivity (Wildman–Crippen MR) is 75.9 cm³/mol. The standard InChI is InChI=1S/C15H21NO4/c1-9(2)13(15(18)19)16-14(17)11-5-7-12(8-6-11)20-10(3)4/h5-10,13H,1-4H3,(H,16,17)(H,18,19). The lowest BCUT2D eigenvalue weighted by Gasteiger charge is -2.18. The SMILES string of the molecule is CC(C)Oc1ccc(C(=O)NC(C(=O)O)C(C)C)cc1. The van der Waals surface area contributed by atoms with Crippen molar-refractivity contribution in [3.05, 3.63) is 29.8 Å². The van der Waals surface area contributed by atoms with Crippen LogP contribution in [0.15, 0.2) is 24.3 Å². The topological polar surface area (TPSA) is 75.6 Å². The summed E-state index contributed by atoms with van der Waals surface area (Å²) in [7, 11) is 0. The zero-order valence-corrected chi connectivity index (χ0v) is 12.2. The van der Waals surface area contributed by atoms with E-state index < -0.39 is 17.9 Å². The first-order valence-corrected chi connectivity index (χ1v) is 6.61. The number of carboxylic acid groups (broad SMARTS) is 1. The van der Waals surface area contributed by atoms with Crippen molar-refractivity contribution in [2.45, 2.75) is 39.8 Å². The van der Waals surface area contributed by atoms with E-state index in [1.165, 1.54) is 0 Å². The molecule has 0 saturated heterocycles. The van der Waals surface area contributed by atoms with Gasteiger partial charge in [0, 0.05) is 5.56 Å². The Hall–Kier alpha value is -2.04. The van der Waals surface area contributed by atoms with Crippen LogP contribution in [0.25, 0.3) is 0 Å². The summed E-state index contributed by atoms with van der Waals surface area (Å²) in [4.78, 5) is 23.0. The summed E-state index contributed by atoms with van der Waals surface area (Å²) in [6.07, 6.45) is 0.0620. The Morgan fingerprint density at radius 2 is 1.65 bits per heavy atom. The molecule has 0 aliphatic carbocycles. The lowest BCUT2D eigenvalue weighted by atomic mass is 10.0. The second kappa shape index (κ2) is 6.93. The molecule has 0 saturated carbocycles. The number of carbonyl (C=O) groups is 2. The van der Waals surface area contributed by atoms with Crippen molar-refractivity contribution in [2.75, 3.05) is 0 Å². The summed E-state index contributed by atoms with van der Waals surface area (Å²) in [5.74, 6) is -0.939. The zero-order chi connectivity index (χ0) is 15.3. The van der Waals surface area contributed by atoms with Crippen LogP contribution < -0.4 is 10.1 Å². The second-order valence-corrected chi connectivity index (χ2v) is 5.22. The monoisotopic (exact) mass is 279 g/mol. The highest BCUT2D eigenvalue weighted by molar-refractivity contribution is 5.96. The third kappa shape index (κ3) is 4.57. The first-order chi connectivity index (χ1) is 9.31. The van der Waals surface area contributed by atoms with Gasteiger partial charge in [0.1, 0.15) is 11.8 Å². The van der Waals surface area contributed by atoms with Gasteiger partial charge in [-0.15, -0.1) is 0 Å². The van der Waals surface area contributed by atoms with Gasteiger partial charge in [-0.1, -0.05) is 13.8 Å². The smallest absolute Gasteiger partial charge is 0.326 e. The first-order valence-electron chi connectivity index (χ1n) is 6.61. The molecule has 0 bridgehead atoms. The molecule has 0 aliphatic rings. The van der Waals surface area contributed by atoms with E-state index in [0.29, 0.717) is 11.3 Å². The lowest BCUT2D eigenvalue weighted by Crippen LogP contribution is -2.44. The molecule has 20 heavy (non-hydrogen) atoms. The van der Waals surface area contributed by atoms with Crippen molar-refractivity contribution in [3.8, 4) is 5.75 Å². The highest BCUT2D eigenvalue weighted by Gasteiger charge is 2.23. The van der Waals surface area contributed by atoms with E-state index in [2.05, 4.69) is 5.32 Å². The molecule has 0 heterocycles. The molecule has 1 atom stereocenters. The highest BCUT2D eigenvalue weighted by Crippen LogP contribution is 2.14. The molecule has 0 aromatic heterocycles. The molecule has 1 amide bonds. The zero-order valence-electron chi connectivity index (χ0n) is 12.2. The van der Waals surface area contributed by atoms with Crippen LogP contribution in [0.4, 0.5) is 0 Å². The predicted octanol–water partition coefficient (Wildman–Crippen LogP) is 2.31. The van der Waals surface area contributed by atoms with Gasteiger partial charge in [0.05, 0.1) is 6.10 Å². The van der Waals surface area contributed by atoms with Crippen molar-refractivity contribution < 1.29 is 19.4 Å². The van der Waals surface area contributed by atoms with Crippen molar-refractivity contribution in [1.29, 1.82) is 0 Å². The molecule has 1 unspecified atom stereocenters. The molecule has 0 aliphatic heterocycles. The number of benzene rings is 1.